The zero-order chi connectivity index (χ0) is 22.6. The largest absolute Gasteiger partial charge is 0.493 e. The Bertz CT molecular complexity index is 946. The molecule has 0 aromatic heterocycles. The smallest absolute Gasteiger partial charge is 0.453 e. The van der Waals surface area contributed by atoms with Gasteiger partial charge in [-0.3, -0.25) is 0 Å². The van der Waals surface area contributed by atoms with Crippen molar-refractivity contribution in [1.82, 2.24) is 5.32 Å². The number of carboxylic acids is 2. The van der Waals surface area contributed by atoms with Gasteiger partial charge in [-0.25, -0.2) is 9.59 Å². The summed E-state index contributed by atoms with van der Waals surface area (Å²) in [7, 11) is 0. The molecule has 166 valence electrons. The van der Waals surface area contributed by atoms with E-state index >= 15 is 0 Å². The highest BCUT2D eigenvalue weighted by Gasteiger charge is 2.57. The molecule has 0 radical (unpaired) electrons. The Morgan fingerprint density at radius 2 is 1.77 bits per heavy atom. The van der Waals surface area contributed by atoms with Gasteiger partial charge < -0.3 is 34.8 Å². The van der Waals surface area contributed by atoms with Crippen LogP contribution in [-0.2, 0) is 16.0 Å². The number of carbonyl (C=O) groups is 2. The Morgan fingerprint density at radius 1 is 1.10 bits per heavy atom. The van der Waals surface area contributed by atoms with Crippen LogP contribution in [0.3, 0.4) is 0 Å². The molecule has 1 heterocycles. The lowest BCUT2D eigenvalue weighted by Gasteiger charge is -2.19. The van der Waals surface area contributed by atoms with Gasteiger partial charge in [0.2, 0.25) is 0 Å². The summed E-state index contributed by atoms with van der Waals surface area (Å²) in [4.78, 5) is 22.7. The standard InChI is InChI=1S/C22H25NO8/c1-3-29-17-7-5-4-6-15(17)16(24)12-23-13(2)10-14-8-9-18-19(11-14)31-22(30-18,20(25)26)21(27)28/h4-9,11,13,16,23-24H,3,10,12H2,1-2H3,(H,25,26)(H,27,28). The molecule has 2 unspecified atom stereocenters. The van der Waals surface area contributed by atoms with E-state index in [0.29, 0.717) is 30.9 Å². The fourth-order valence-electron chi connectivity index (χ4n) is 3.33. The second-order valence-electron chi connectivity index (χ2n) is 7.21. The number of para-hydroxylation sites is 1. The van der Waals surface area contributed by atoms with Crippen molar-refractivity contribution in [2.45, 2.75) is 38.2 Å². The summed E-state index contributed by atoms with van der Waals surface area (Å²) in [5.41, 5.74) is 1.49. The average molecular weight is 431 g/mol. The Morgan fingerprint density at radius 3 is 2.45 bits per heavy atom. The lowest BCUT2D eigenvalue weighted by atomic mass is 10.0. The summed E-state index contributed by atoms with van der Waals surface area (Å²) in [5, 5.41) is 32.2. The van der Waals surface area contributed by atoms with E-state index in [-0.39, 0.29) is 17.5 Å². The molecule has 0 amide bonds. The summed E-state index contributed by atoms with van der Waals surface area (Å²) in [6, 6.07) is 12.0. The molecule has 3 rings (SSSR count). The van der Waals surface area contributed by atoms with Gasteiger partial charge in [-0.05, 0) is 44.0 Å². The number of rotatable bonds is 10. The molecule has 0 aliphatic carbocycles. The van der Waals surface area contributed by atoms with E-state index in [1.165, 1.54) is 6.07 Å². The molecular formula is C22H25NO8. The highest BCUT2D eigenvalue weighted by molar-refractivity contribution is 6.01. The third kappa shape index (κ3) is 4.73. The molecule has 2 atom stereocenters. The number of ether oxygens (including phenoxy) is 3. The van der Waals surface area contributed by atoms with Crippen LogP contribution in [0, 0.1) is 0 Å². The first-order valence-electron chi connectivity index (χ1n) is 9.87. The van der Waals surface area contributed by atoms with Crippen LogP contribution >= 0.6 is 0 Å². The van der Waals surface area contributed by atoms with Crippen LogP contribution in [0.2, 0.25) is 0 Å². The van der Waals surface area contributed by atoms with Crippen LogP contribution in [0.4, 0.5) is 0 Å². The minimum absolute atomic E-state index is 0.0435. The van der Waals surface area contributed by atoms with Crippen LogP contribution in [0.1, 0.15) is 31.1 Å². The number of aliphatic hydroxyl groups excluding tert-OH is 1. The molecule has 9 nitrogen and oxygen atoms in total. The Hall–Kier alpha value is -3.30. The lowest BCUT2D eigenvalue weighted by molar-refractivity contribution is -0.194. The second-order valence-corrected chi connectivity index (χ2v) is 7.21. The van der Waals surface area contributed by atoms with E-state index in [2.05, 4.69) is 5.32 Å². The Kier molecular flexibility index (Phi) is 6.67. The van der Waals surface area contributed by atoms with Crippen molar-refractivity contribution in [3.8, 4) is 17.2 Å². The van der Waals surface area contributed by atoms with E-state index in [1.54, 1.807) is 12.1 Å². The summed E-state index contributed by atoms with van der Waals surface area (Å²) in [6.45, 7) is 4.62. The number of fused-ring (bicyclic) bond motifs is 1. The highest BCUT2D eigenvalue weighted by Crippen LogP contribution is 2.40. The molecule has 4 N–H and O–H groups in total. The predicted octanol–water partition coefficient (Wildman–Crippen LogP) is 1.98. The van der Waals surface area contributed by atoms with Gasteiger partial charge in [-0.1, -0.05) is 24.3 Å². The maximum Gasteiger partial charge on any atom is 0.453 e. The van der Waals surface area contributed by atoms with Crippen molar-refractivity contribution in [3.05, 3.63) is 53.6 Å². The van der Waals surface area contributed by atoms with Crippen LogP contribution in [0.15, 0.2) is 42.5 Å². The summed E-state index contributed by atoms with van der Waals surface area (Å²) in [5.74, 6) is -5.51. The van der Waals surface area contributed by atoms with Crippen molar-refractivity contribution in [2.24, 2.45) is 0 Å². The monoisotopic (exact) mass is 431 g/mol. The Labute approximate surface area is 179 Å². The molecule has 0 fully saturated rings. The van der Waals surface area contributed by atoms with Crippen LogP contribution in [-0.4, -0.2) is 52.2 Å². The number of aliphatic hydroxyl groups is 1. The number of aliphatic carboxylic acids is 2. The number of benzene rings is 2. The van der Waals surface area contributed by atoms with Gasteiger partial charge in [0.15, 0.2) is 11.5 Å². The Balaban J connectivity index is 1.61. The van der Waals surface area contributed by atoms with Crippen molar-refractivity contribution in [3.63, 3.8) is 0 Å². The van der Waals surface area contributed by atoms with Crippen molar-refractivity contribution in [2.75, 3.05) is 13.2 Å². The van der Waals surface area contributed by atoms with Gasteiger partial charge in [0.05, 0.1) is 12.7 Å². The fourth-order valence-corrected chi connectivity index (χ4v) is 3.33. The van der Waals surface area contributed by atoms with E-state index in [0.717, 1.165) is 5.56 Å². The van der Waals surface area contributed by atoms with Crippen molar-refractivity contribution < 1.29 is 39.1 Å². The molecule has 0 bridgehead atoms. The van der Waals surface area contributed by atoms with Crippen LogP contribution in [0.5, 0.6) is 17.2 Å². The van der Waals surface area contributed by atoms with Gasteiger partial charge in [0.25, 0.3) is 0 Å². The maximum absolute atomic E-state index is 11.4. The van der Waals surface area contributed by atoms with Gasteiger partial charge >= 0.3 is 17.7 Å². The molecule has 9 heteroatoms. The molecule has 2 aromatic carbocycles. The molecule has 1 aliphatic rings. The zero-order valence-electron chi connectivity index (χ0n) is 17.2. The summed E-state index contributed by atoms with van der Waals surface area (Å²) < 4.78 is 15.7. The van der Waals surface area contributed by atoms with E-state index in [9.17, 15) is 24.9 Å². The topological polar surface area (TPSA) is 135 Å². The third-order valence-electron chi connectivity index (χ3n) is 4.86. The molecule has 2 aromatic rings. The summed E-state index contributed by atoms with van der Waals surface area (Å²) in [6.07, 6.45) is -0.224. The van der Waals surface area contributed by atoms with Gasteiger partial charge in [0, 0.05) is 18.2 Å². The first-order chi connectivity index (χ1) is 14.8. The first-order valence-corrected chi connectivity index (χ1v) is 9.87. The molecule has 1 aliphatic heterocycles. The van der Waals surface area contributed by atoms with E-state index < -0.39 is 23.8 Å². The van der Waals surface area contributed by atoms with Crippen molar-refractivity contribution in [1.29, 1.82) is 0 Å². The maximum atomic E-state index is 11.4. The van der Waals surface area contributed by atoms with Gasteiger partial charge in [-0.2, -0.15) is 0 Å². The minimum atomic E-state index is -2.77. The first kappa shape index (κ1) is 22.4. The molecule has 0 saturated heterocycles. The zero-order valence-corrected chi connectivity index (χ0v) is 17.2. The third-order valence-corrected chi connectivity index (χ3v) is 4.86. The van der Waals surface area contributed by atoms with Crippen molar-refractivity contribution >= 4 is 11.9 Å². The van der Waals surface area contributed by atoms with Gasteiger partial charge in [0.1, 0.15) is 5.75 Å². The fraction of sp³-hybridized carbons (Fsp3) is 0.364. The minimum Gasteiger partial charge on any atom is -0.493 e. The molecule has 31 heavy (non-hydrogen) atoms. The highest BCUT2D eigenvalue weighted by atomic mass is 16.8. The van der Waals surface area contributed by atoms with E-state index in [4.69, 9.17) is 14.2 Å². The average Bonchev–Trinajstić information content (AvgIpc) is 3.13. The molecule has 0 spiro atoms. The number of nitrogens with one attached hydrogen (secondary N) is 1. The lowest BCUT2D eigenvalue weighted by Crippen LogP contribution is -2.54. The van der Waals surface area contributed by atoms with Crippen LogP contribution < -0.4 is 19.5 Å². The number of hydrogen-bond donors (Lipinski definition) is 4. The molecular weight excluding hydrogens is 406 g/mol. The second kappa shape index (κ2) is 9.23. The molecule has 0 saturated carbocycles. The number of hydrogen-bond acceptors (Lipinski definition) is 7. The predicted molar refractivity (Wildman–Crippen MR) is 109 cm³/mol. The number of carboxylic acid groups (broad SMARTS) is 2. The quantitative estimate of drug-likeness (QED) is 0.417. The van der Waals surface area contributed by atoms with E-state index in [1.807, 2.05) is 38.1 Å². The normalized spacial score (nSPS) is 15.8. The summed E-state index contributed by atoms with van der Waals surface area (Å²) >= 11 is 0. The van der Waals surface area contributed by atoms with Gasteiger partial charge in [-0.15, -0.1) is 0 Å². The van der Waals surface area contributed by atoms with Crippen LogP contribution in [0.25, 0.3) is 0 Å². The SMILES string of the molecule is CCOc1ccccc1C(O)CNC(C)Cc1ccc2c(c1)OC(C(=O)O)(C(=O)O)O2.